The van der Waals surface area contributed by atoms with Gasteiger partial charge in [0.1, 0.15) is 18.3 Å². The molecule has 0 spiro atoms. The summed E-state index contributed by atoms with van der Waals surface area (Å²) in [6, 6.07) is 11.1. The van der Waals surface area contributed by atoms with Crippen molar-refractivity contribution in [3.05, 3.63) is 58.6 Å². The molecule has 10 heteroatoms. The van der Waals surface area contributed by atoms with Crippen molar-refractivity contribution < 1.29 is 22.7 Å². The van der Waals surface area contributed by atoms with Crippen LogP contribution in [-0.4, -0.2) is 57.6 Å². The van der Waals surface area contributed by atoms with Gasteiger partial charge in [0.25, 0.3) is 0 Å². The first kappa shape index (κ1) is 26.5. The SMILES string of the molecule is CCNC(=O)C(C)N(Cc1ccc(OC)cc1)C(=O)CN(c1ccc(Cl)cc1C)S(C)(=O)=O. The summed E-state index contributed by atoms with van der Waals surface area (Å²) in [6.45, 7) is 5.20. The van der Waals surface area contributed by atoms with Crippen molar-refractivity contribution in [1.29, 1.82) is 0 Å². The van der Waals surface area contributed by atoms with Gasteiger partial charge in [0, 0.05) is 18.1 Å². The summed E-state index contributed by atoms with van der Waals surface area (Å²) in [7, 11) is -2.24. The highest BCUT2D eigenvalue weighted by atomic mass is 35.5. The summed E-state index contributed by atoms with van der Waals surface area (Å²) < 4.78 is 31.4. The summed E-state index contributed by atoms with van der Waals surface area (Å²) in [5.74, 6) is -0.174. The van der Waals surface area contributed by atoms with Gasteiger partial charge in [-0.15, -0.1) is 0 Å². The van der Waals surface area contributed by atoms with E-state index in [4.69, 9.17) is 16.3 Å². The number of sulfonamides is 1. The molecule has 33 heavy (non-hydrogen) atoms. The summed E-state index contributed by atoms with van der Waals surface area (Å²) in [5.41, 5.74) is 1.73. The highest BCUT2D eigenvalue weighted by Crippen LogP contribution is 2.26. The maximum atomic E-state index is 13.4. The predicted octanol–water partition coefficient (Wildman–Crippen LogP) is 2.98. The monoisotopic (exact) mass is 495 g/mol. The molecule has 0 fully saturated rings. The van der Waals surface area contributed by atoms with E-state index in [1.165, 1.54) is 4.90 Å². The number of benzene rings is 2. The molecule has 0 saturated carbocycles. The number of methoxy groups -OCH3 is 1. The molecule has 2 aromatic carbocycles. The first-order chi connectivity index (χ1) is 15.5. The fraction of sp³-hybridized carbons (Fsp3) is 0.391. The van der Waals surface area contributed by atoms with Gasteiger partial charge in [0.15, 0.2) is 0 Å². The lowest BCUT2D eigenvalue weighted by atomic mass is 10.1. The number of nitrogens with one attached hydrogen (secondary N) is 1. The number of aryl methyl sites for hydroxylation is 1. The Hall–Kier alpha value is -2.78. The number of likely N-dealkylation sites (N-methyl/N-ethyl adjacent to an activating group) is 1. The predicted molar refractivity (Wildman–Crippen MR) is 130 cm³/mol. The Morgan fingerprint density at radius 1 is 1.15 bits per heavy atom. The first-order valence-electron chi connectivity index (χ1n) is 10.4. The molecule has 1 N–H and O–H groups in total. The van der Waals surface area contributed by atoms with Gasteiger partial charge in [0.2, 0.25) is 21.8 Å². The fourth-order valence-electron chi connectivity index (χ4n) is 3.33. The Morgan fingerprint density at radius 3 is 2.30 bits per heavy atom. The molecule has 0 heterocycles. The molecule has 180 valence electrons. The standard InChI is InChI=1S/C23H30ClN3O5S/c1-6-25-23(29)17(3)26(14-18-7-10-20(32-4)11-8-18)22(28)15-27(33(5,30)31)21-12-9-19(24)13-16(21)2/h7-13,17H,6,14-15H2,1-5H3,(H,25,29). The molecule has 0 aliphatic rings. The topological polar surface area (TPSA) is 96.0 Å². The van der Waals surface area contributed by atoms with Crippen LogP contribution in [0.4, 0.5) is 5.69 Å². The number of amides is 2. The van der Waals surface area contributed by atoms with E-state index in [1.807, 2.05) is 0 Å². The zero-order valence-corrected chi connectivity index (χ0v) is 21.0. The zero-order chi connectivity index (χ0) is 24.8. The van der Waals surface area contributed by atoms with Crippen molar-refractivity contribution in [2.75, 3.05) is 30.8 Å². The van der Waals surface area contributed by atoms with Crippen molar-refractivity contribution in [1.82, 2.24) is 10.2 Å². The van der Waals surface area contributed by atoms with Gasteiger partial charge in [-0.05, 0) is 62.2 Å². The fourth-order valence-corrected chi connectivity index (χ4v) is 4.46. The van der Waals surface area contributed by atoms with Crippen LogP contribution in [0.3, 0.4) is 0 Å². The molecule has 2 rings (SSSR count). The smallest absolute Gasteiger partial charge is 0.244 e. The highest BCUT2D eigenvalue weighted by molar-refractivity contribution is 7.92. The third-order valence-corrected chi connectivity index (χ3v) is 6.50. The Morgan fingerprint density at radius 2 is 1.79 bits per heavy atom. The number of anilines is 1. The Labute approximate surface area is 200 Å². The lowest BCUT2D eigenvalue weighted by molar-refractivity contribution is -0.139. The molecule has 2 amide bonds. The van der Waals surface area contributed by atoms with E-state index in [0.717, 1.165) is 16.1 Å². The van der Waals surface area contributed by atoms with E-state index in [-0.39, 0.29) is 12.5 Å². The van der Waals surface area contributed by atoms with Gasteiger partial charge < -0.3 is 15.0 Å². The van der Waals surface area contributed by atoms with Crippen LogP contribution in [0.25, 0.3) is 0 Å². The number of nitrogens with zero attached hydrogens (tertiary/aromatic N) is 2. The maximum absolute atomic E-state index is 13.4. The number of ether oxygens (including phenoxy) is 1. The molecule has 0 saturated heterocycles. The van der Waals surface area contributed by atoms with Crippen molar-refractivity contribution >= 4 is 39.1 Å². The van der Waals surface area contributed by atoms with Gasteiger partial charge in [-0.2, -0.15) is 0 Å². The molecule has 1 atom stereocenters. The van der Waals surface area contributed by atoms with Crippen LogP contribution in [0.2, 0.25) is 5.02 Å². The largest absolute Gasteiger partial charge is 0.497 e. The highest BCUT2D eigenvalue weighted by Gasteiger charge is 2.30. The van der Waals surface area contributed by atoms with E-state index in [2.05, 4.69) is 5.32 Å². The number of halogens is 1. The minimum Gasteiger partial charge on any atom is -0.497 e. The van der Waals surface area contributed by atoms with Crippen molar-refractivity contribution in [3.8, 4) is 5.75 Å². The second kappa shape index (κ2) is 11.4. The number of rotatable bonds is 10. The zero-order valence-electron chi connectivity index (χ0n) is 19.5. The Kier molecular flexibility index (Phi) is 9.13. The lowest BCUT2D eigenvalue weighted by Crippen LogP contribution is -2.51. The molecular weight excluding hydrogens is 466 g/mol. The van der Waals surface area contributed by atoms with E-state index in [1.54, 1.807) is 70.3 Å². The van der Waals surface area contributed by atoms with Crippen LogP contribution in [0.15, 0.2) is 42.5 Å². The van der Waals surface area contributed by atoms with Crippen LogP contribution >= 0.6 is 11.6 Å². The second-order valence-electron chi connectivity index (χ2n) is 7.64. The Bertz CT molecular complexity index is 1090. The number of hydrogen-bond donors (Lipinski definition) is 1. The molecule has 1 unspecified atom stereocenters. The summed E-state index contributed by atoms with van der Waals surface area (Å²) >= 11 is 6.01. The third-order valence-electron chi connectivity index (χ3n) is 5.14. The van der Waals surface area contributed by atoms with Gasteiger partial charge >= 0.3 is 0 Å². The molecule has 8 nitrogen and oxygen atoms in total. The van der Waals surface area contributed by atoms with Gasteiger partial charge in [-0.3, -0.25) is 13.9 Å². The van der Waals surface area contributed by atoms with Crippen molar-refractivity contribution in [2.45, 2.75) is 33.4 Å². The van der Waals surface area contributed by atoms with Gasteiger partial charge in [-0.1, -0.05) is 23.7 Å². The first-order valence-corrected chi connectivity index (χ1v) is 12.6. The van der Waals surface area contributed by atoms with E-state index in [9.17, 15) is 18.0 Å². The average molecular weight is 496 g/mol. The lowest BCUT2D eigenvalue weighted by Gasteiger charge is -2.32. The molecule has 0 aliphatic heterocycles. The molecule has 2 aromatic rings. The van der Waals surface area contributed by atoms with Crippen LogP contribution in [-0.2, 0) is 26.2 Å². The van der Waals surface area contributed by atoms with E-state index in [0.29, 0.717) is 28.6 Å². The second-order valence-corrected chi connectivity index (χ2v) is 9.98. The summed E-state index contributed by atoms with van der Waals surface area (Å²) in [4.78, 5) is 27.3. The molecule has 0 aliphatic carbocycles. The molecular formula is C23H30ClN3O5S. The quantitative estimate of drug-likeness (QED) is 0.546. The number of carbonyl (C=O) groups is 2. The van der Waals surface area contributed by atoms with Crippen LogP contribution < -0.4 is 14.4 Å². The average Bonchev–Trinajstić information content (AvgIpc) is 2.75. The molecule has 0 radical (unpaired) electrons. The number of hydrogen-bond acceptors (Lipinski definition) is 5. The normalized spacial score (nSPS) is 12.1. The van der Waals surface area contributed by atoms with Gasteiger partial charge in [0.05, 0.1) is 19.1 Å². The van der Waals surface area contributed by atoms with Crippen molar-refractivity contribution in [3.63, 3.8) is 0 Å². The van der Waals surface area contributed by atoms with Gasteiger partial charge in [-0.25, -0.2) is 8.42 Å². The van der Waals surface area contributed by atoms with Crippen LogP contribution in [0.5, 0.6) is 5.75 Å². The van der Waals surface area contributed by atoms with E-state index >= 15 is 0 Å². The minimum absolute atomic E-state index is 0.123. The third kappa shape index (κ3) is 7.10. The Balaban J connectivity index is 2.40. The van der Waals surface area contributed by atoms with E-state index < -0.39 is 28.5 Å². The molecule has 0 bridgehead atoms. The minimum atomic E-state index is -3.79. The van der Waals surface area contributed by atoms with Crippen LogP contribution in [0.1, 0.15) is 25.0 Å². The maximum Gasteiger partial charge on any atom is 0.244 e. The summed E-state index contributed by atoms with van der Waals surface area (Å²) in [6.07, 6.45) is 1.04. The van der Waals surface area contributed by atoms with Crippen molar-refractivity contribution in [2.24, 2.45) is 0 Å². The summed E-state index contributed by atoms with van der Waals surface area (Å²) in [5, 5.41) is 3.18. The molecule has 0 aromatic heterocycles. The van der Waals surface area contributed by atoms with Crippen LogP contribution in [0, 0.1) is 6.92 Å². The number of carbonyl (C=O) groups excluding carboxylic acids is 2.